The number of aliphatic hydroxyl groups excluding tert-OH is 2. The first kappa shape index (κ1) is 33.9. The number of carbonyl (C=O) groups is 1. The van der Waals surface area contributed by atoms with Gasteiger partial charge in [-0.25, -0.2) is 22.9 Å². The van der Waals surface area contributed by atoms with Crippen LogP contribution >= 0.6 is 0 Å². The number of fused-ring (bicyclic) bond motifs is 1. The minimum atomic E-state index is -3.73. The summed E-state index contributed by atoms with van der Waals surface area (Å²) in [7, 11) is -3.73. The molecular weight excluding hydrogens is 672 g/mol. The molecule has 1 aromatic carbocycles. The summed E-state index contributed by atoms with van der Waals surface area (Å²) in [5, 5.41) is 46.6. The van der Waals surface area contributed by atoms with Gasteiger partial charge >= 0.3 is 6.03 Å². The monoisotopic (exact) mass is 712 g/mol. The van der Waals surface area contributed by atoms with Crippen molar-refractivity contribution in [1.29, 1.82) is 0 Å². The summed E-state index contributed by atoms with van der Waals surface area (Å²) < 4.78 is 35.7. The van der Waals surface area contributed by atoms with Crippen LogP contribution in [0.5, 0.6) is 0 Å². The highest BCUT2D eigenvalue weighted by atomic mass is 32.2. The smallest absolute Gasteiger partial charge is 0.315 e. The average molecular weight is 713 g/mol. The van der Waals surface area contributed by atoms with E-state index < -0.39 is 34.6 Å². The Morgan fingerprint density at radius 1 is 1.08 bits per heavy atom. The SMILES string of the molecule is CCn1nnc([C@H]2O[C@@H](n3cnc4c(NCCNS(=O)(=O)c5ccccc5)nc(N5CC[C@@H](NC(=O)N[C@@H]6CCNC6)C5)nc43)[C@H](O)[C@@H]2O)n1. The van der Waals surface area contributed by atoms with E-state index in [0.29, 0.717) is 49.0 Å². The standard InChI is InChI=1S/C29H40N14O6S/c1-2-43-39-25(38-40-43)23-21(44)22(45)27(49-23)42-16-32-20-24(31-11-12-33-50(47,48)19-6-4-3-5-7-19)36-28(37-26(20)42)41-13-9-18(15-41)35-29(46)34-17-8-10-30-14-17/h3-7,16-18,21-23,27,30,33,44-45H,2,8-15H2,1H3,(H,31,36,37)(H2,34,35,46)/t17-,18-,21+,22-,23+,27-/m1/s1. The van der Waals surface area contributed by atoms with E-state index in [1.54, 1.807) is 18.2 Å². The second-order valence-corrected chi connectivity index (χ2v) is 14.1. The summed E-state index contributed by atoms with van der Waals surface area (Å²) in [6.07, 6.45) is -1.94. The molecule has 0 bridgehead atoms. The van der Waals surface area contributed by atoms with Crippen LogP contribution in [0.25, 0.3) is 11.2 Å². The topological polar surface area (TPSA) is 251 Å². The van der Waals surface area contributed by atoms with Gasteiger partial charge in [-0.3, -0.25) is 4.57 Å². The fourth-order valence-electron chi connectivity index (χ4n) is 6.26. The molecule has 0 unspecified atom stereocenters. The van der Waals surface area contributed by atoms with Crippen LogP contribution in [0, 0.1) is 0 Å². The van der Waals surface area contributed by atoms with E-state index in [1.807, 2.05) is 11.8 Å². The Labute approximate surface area is 287 Å². The number of aliphatic hydroxyl groups is 2. The molecule has 7 rings (SSSR count). The predicted molar refractivity (Wildman–Crippen MR) is 177 cm³/mol. The fourth-order valence-corrected chi connectivity index (χ4v) is 7.31. The lowest BCUT2D eigenvalue weighted by Crippen LogP contribution is -2.47. The van der Waals surface area contributed by atoms with E-state index in [4.69, 9.17) is 14.7 Å². The van der Waals surface area contributed by atoms with Crippen molar-refractivity contribution < 1.29 is 28.2 Å². The zero-order valence-electron chi connectivity index (χ0n) is 27.3. The molecule has 21 heteroatoms. The first-order valence-corrected chi connectivity index (χ1v) is 18.0. The normalized spacial score (nSPS) is 25.4. The van der Waals surface area contributed by atoms with Gasteiger partial charge in [0.25, 0.3) is 0 Å². The zero-order chi connectivity index (χ0) is 34.8. The van der Waals surface area contributed by atoms with Gasteiger partial charge in [-0.2, -0.15) is 14.8 Å². The highest BCUT2D eigenvalue weighted by Gasteiger charge is 2.47. The third-order valence-corrected chi connectivity index (χ3v) is 10.4. The Kier molecular flexibility index (Phi) is 9.75. The number of urea groups is 1. The summed E-state index contributed by atoms with van der Waals surface area (Å²) in [5.74, 6) is 0.779. The summed E-state index contributed by atoms with van der Waals surface area (Å²) in [6, 6.07) is 7.77. The molecule has 20 nitrogen and oxygen atoms in total. The van der Waals surface area contributed by atoms with E-state index >= 15 is 0 Å². The molecule has 3 aliphatic heterocycles. The molecule has 0 aliphatic carbocycles. The van der Waals surface area contributed by atoms with Gasteiger partial charge in [-0.1, -0.05) is 18.2 Å². The quantitative estimate of drug-likeness (QED) is 0.0822. The van der Waals surface area contributed by atoms with Crippen LogP contribution in [0.3, 0.4) is 0 Å². The number of ether oxygens (including phenoxy) is 1. The van der Waals surface area contributed by atoms with Crippen LogP contribution < -0.4 is 30.9 Å². The third kappa shape index (κ3) is 7.04. The van der Waals surface area contributed by atoms with E-state index in [1.165, 1.54) is 27.8 Å². The number of carbonyl (C=O) groups excluding carboxylic acids is 1. The molecular formula is C29H40N14O6S. The largest absolute Gasteiger partial charge is 0.387 e. The lowest BCUT2D eigenvalue weighted by molar-refractivity contribution is -0.0384. The molecule has 3 aromatic heterocycles. The number of sulfonamides is 1. The van der Waals surface area contributed by atoms with Crippen LogP contribution in [-0.4, -0.2) is 128 Å². The number of nitrogens with zero attached hydrogens (tertiary/aromatic N) is 9. The number of benzene rings is 1. The first-order valence-electron chi connectivity index (χ1n) is 16.6. The minimum absolute atomic E-state index is 0.0455. The Morgan fingerprint density at radius 2 is 1.90 bits per heavy atom. The Hall–Kier alpha value is -4.54. The van der Waals surface area contributed by atoms with Gasteiger partial charge < -0.3 is 41.1 Å². The number of imidazole rings is 1. The first-order chi connectivity index (χ1) is 24.2. The number of rotatable bonds is 12. The maximum atomic E-state index is 12.7. The maximum absolute atomic E-state index is 12.7. The number of nitrogens with one attached hydrogen (secondary N) is 5. The van der Waals surface area contributed by atoms with Gasteiger partial charge in [0.2, 0.25) is 21.8 Å². The summed E-state index contributed by atoms with van der Waals surface area (Å²) in [4.78, 5) is 30.2. The molecule has 50 heavy (non-hydrogen) atoms. The number of amides is 2. The highest BCUT2D eigenvalue weighted by molar-refractivity contribution is 7.89. The molecule has 3 saturated heterocycles. The van der Waals surface area contributed by atoms with Crippen LogP contribution in [-0.2, 0) is 21.3 Å². The summed E-state index contributed by atoms with van der Waals surface area (Å²) in [5.41, 5.74) is 0.634. The van der Waals surface area contributed by atoms with Gasteiger partial charge in [0.05, 0.1) is 17.8 Å². The second-order valence-electron chi connectivity index (χ2n) is 12.3. The van der Waals surface area contributed by atoms with Gasteiger partial charge in [-0.05, 0) is 43.7 Å². The number of hydrogen-bond acceptors (Lipinski definition) is 15. The second kappa shape index (κ2) is 14.4. The van der Waals surface area contributed by atoms with Crippen molar-refractivity contribution >= 4 is 39.0 Å². The van der Waals surface area contributed by atoms with E-state index in [2.05, 4.69) is 46.4 Å². The number of anilines is 2. The van der Waals surface area contributed by atoms with Crippen molar-refractivity contribution in [3.63, 3.8) is 0 Å². The van der Waals surface area contributed by atoms with Crippen LogP contribution in [0.1, 0.15) is 37.9 Å². The molecule has 3 fully saturated rings. The fraction of sp³-hybridized carbons (Fsp3) is 0.552. The van der Waals surface area contributed by atoms with Crippen molar-refractivity contribution in [1.82, 2.24) is 60.4 Å². The van der Waals surface area contributed by atoms with Crippen molar-refractivity contribution in [2.75, 3.05) is 49.5 Å². The Bertz CT molecular complexity index is 1900. The Balaban J connectivity index is 1.12. The molecule has 6 heterocycles. The number of aromatic nitrogens is 8. The molecule has 6 atom stereocenters. The molecule has 268 valence electrons. The van der Waals surface area contributed by atoms with E-state index in [0.717, 1.165) is 19.5 Å². The van der Waals surface area contributed by atoms with Gasteiger partial charge in [0.15, 0.2) is 29.3 Å². The maximum Gasteiger partial charge on any atom is 0.315 e. The van der Waals surface area contributed by atoms with Crippen LogP contribution in [0.2, 0.25) is 0 Å². The molecule has 7 N–H and O–H groups in total. The van der Waals surface area contributed by atoms with Crippen molar-refractivity contribution in [2.24, 2.45) is 0 Å². The summed E-state index contributed by atoms with van der Waals surface area (Å²) >= 11 is 0. The van der Waals surface area contributed by atoms with Crippen molar-refractivity contribution in [2.45, 2.75) is 67.8 Å². The number of tetrazole rings is 1. The number of aryl methyl sites for hydroxylation is 1. The lowest BCUT2D eigenvalue weighted by atomic mass is 10.1. The molecule has 4 aromatic rings. The zero-order valence-corrected chi connectivity index (χ0v) is 28.1. The van der Waals surface area contributed by atoms with Gasteiger partial charge in [0, 0.05) is 44.8 Å². The van der Waals surface area contributed by atoms with Gasteiger partial charge in [-0.15, -0.1) is 10.2 Å². The van der Waals surface area contributed by atoms with Gasteiger partial charge in [0.1, 0.15) is 12.2 Å². The third-order valence-electron chi connectivity index (χ3n) is 8.89. The minimum Gasteiger partial charge on any atom is -0.387 e. The molecule has 0 saturated carbocycles. The number of hydrogen-bond donors (Lipinski definition) is 7. The van der Waals surface area contributed by atoms with Crippen LogP contribution in [0.15, 0.2) is 41.6 Å². The van der Waals surface area contributed by atoms with Crippen molar-refractivity contribution in [3.05, 3.63) is 42.5 Å². The lowest BCUT2D eigenvalue weighted by Gasteiger charge is -2.20. The van der Waals surface area contributed by atoms with Crippen LogP contribution in [0.4, 0.5) is 16.6 Å². The highest BCUT2D eigenvalue weighted by Crippen LogP contribution is 2.39. The molecule has 0 radical (unpaired) electrons. The van der Waals surface area contributed by atoms with E-state index in [-0.39, 0.29) is 41.9 Å². The molecule has 0 spiro atoms. The predicted octanol–water partition coefficient (Wildman–Crippen LogP) is -1.55. The molecule has 3 aliphatic rings. The Morgan fingerprint density at radius 3 is 2.66 bits per heavy atom. The molecule has 2 amide bonds. The summed E-state index contributed by atoms with van der Waals surface area (Å²) in [6.45, 7) is 5.11. The van der Waals surface area contributed by atoms with E-state index in [9.17, 15) is 23.4 Å². The van der Waals surface area contributed by atoms with Crippen molar-refractivity contribution in [3.8, 4) is 0 Å². The average Bonchev–Trinajstić information content (AvgIpc) is 3.96.